The molecule has 1 aromatic carbocycles. The number of ether oxygens (including phenoxy) is 1. The van der Waals surface area contributed by atoms with E-state index in [0.717, 1.165) is 37.1 Å². The van der Waals surface area contributed by atoms with Gasteiger partial charge in [0, 0.05) is 30.9 Å². The molecule has 1 heterocycles. The zero-order valence-electron chi connectivity index (χ0n) is 13.5. The van der Waals surface area contributed by atoms with E-state index in [4.69, 9.17) is 4.74 Å². The summed E-state index contributed by atoms with van der Waals surface area (Å²) in [6.45, 7) is 7.19. The van der Waals surface area contributed by atoms with Crippen LogP contribution in [0.4, 0.5) is 5.69 Å². The Bertz CT molecular complexity index is 516. The Labute approximate surface area is 127 Å². The van der Waals surface area contributed by atoms with Crippen LogP contribution in [0.2, 0.25) is 0 Å². The number of aryl methyl sites for hydroxylation is 1. The van der Waals surface area contributed by atoms with Crippen molar-refractivity contribution in [3.8, 4) is 0 Å². The molecule has 1 aliphatic rings. The fourth-order valence-corrected chi connectivity index (χ4v) is 2.78. The minimum absolute atomic E-state index is 0.0395. The molecule has 1 fully saturated rings. The Kier molecular flexibility index (Phi) is 4.88. The first kappa shape index (κ1) is 15.8. The highest BCUT2D eigenvalue weighted by molar-refractivity contribution is 5.95. The molecule has 4 nitrogen and oxygen atoms in total. The third-order valence-electron chi connectivity index (χ3n) is 4.43. The molecule has 4 heteroatoms. The van der Waals surface area contributed by atoms with Gasteiger partial charge in [-0.2, -0.15) is 0 Å². The first-order valence-electron chi connectivity index (χ1n) is 7.70. The molecule has 2 unspecified atom stereocenters. The maximum Gasteiger partial charge on any atom is 0.251 e. The second kappa shape index (κ2) is 6.48. The molecule has 1 aromatic rings. The Morgan fingerprint density at radius 2 is 2.24 bits per heavy atom. The number of hydrogen-bond donors (Lipinski definition) is 2. The molecule has 1 aliphatic heterocycles. The summed E-state index contributed by atoms with van der Waals surface area (Å²) in [6, 6.07) is 6.18. The maximum absolute atomic E-state index is 11.8. The van der Waals surface area contributed by atoms with Crippen LogP contribution in [0.15, 0.2) is 18.2 Å². The summed E-state index contributed by atoms with van der Waals surface area (Å²) >= 11 is 0. The number of benzene rings is 1. The number of carbonyl (C=O) groups excluding carboxylic acids is 1. The molecule has 0 aliphatic carbocycles. The van der Waals surface area contributed by atoms with Gasteiger partial charge in [-0.25, -0.2) is 0 Å². The average Bonchev–Trinajstić information content (AvgIpc) is 2.49. The van der Waals surface area contributed by atoms with Gasteiger partial charge in [-0.1, -0.05) is 13.0 Å². The van der Waals surface area contributed by atoms with Crippen molar-refractivity contribution in [2.75, 3.05) is 19.0 Å². The van der Waals surface area contributed by atoms with Gasteiger partial charge in [0.1, 0.15) is 0 Å². The van der Waals surface area contributed by atoms with Crippen molar-refractivity contribution in [2.24, 2.45) is 0 Å². The second-order valence-electron chi connectivity index (χ2n) is 6.09. The normalized spacial score (nSPS) is 25.4. The van der Waals surface area contributed by atoms with E-state index in [-0.39, 0.29) is 11.5 Å². The van der Waals surface area contributed by atoms with Crippen LogP contribution in [-0.2, 0) is 4.74 Å². The van der Waals surface area contributed by atoms with E-state index in [1.54, 1.807) is 7.05 Å². The molecule has 0 spiro atoms. The molecule has 2 atom stereocenters. The van der Waals surface area contributed by atoms with E-state index in [1.807, 2.05) is 18.2 Å². The van der Waals surface area contributed by atoms with Crippen molar-refractivity contribution in [3.05, 3.63) is 29.3 Å². The van der Waals surface area contributed by atoms with E-state index in [1.165, 1.54) is 0 Å². The summed E-state index contributed by atoms with van der Waals surface area (Å²) in [7, 11) is 1.65. The van der Waals surface area contributed by atoms with Gasteiger partial charge in [-0.15, -0.1) is 0 Å². The van der Waals surface area contributed by atoms with Crippen molar-refractivity contribution in [1.29, 1.82) is 0 Å². The third kappa shape index (κ3) is 3.76. The average molecular weight is 290 g/mol. The first-order chi connectivity index (χ1) is 9.97. The van der Waals surface area contributed by atoms with E-state index >= 15 is 0 Å². The standard InChI is InChI=1S/C17H26N2O2/c1-5-17(3)11-14(8-9-21-17)19-15-10-13(16(20)18-4)7-6-12(15)2/h6-7,10,14,19H,5,8-9,11H2,1-4H3,(H,18,20). The lowest BCUT2D eigenvalue weighted by Crippen LogP contribution is -2.42. The zero-order chi connectivity index (χ0) is 15.5. The quantitative estimate of drug-likeness (QED) is 0.896. The Hall–Kier alpha value is -1.55. The first-order valence-corrected chi connectivity index (χ1v) is 7.70. The third-order valence-corrected chi connectivity index (χ3v) is 4.43. The zero-order valence-corrected chi connectivity index (χ0v) is 13.5. The van der Waals surface area contributed by atoms with Crippen molar-refractivity contribution in [2.45, 2.75) is 51.7 Å². The molecule has 0 bridgehead atoms. The van der Waals surface area contributed by atoms with Crippen molar-refractivity contribution >= 4 is 11.6 Å². The molecule has 0 radical (unpaired) electrons. The summed E-state index contributed by atoms with van der Waals surface area (Å²) in [5, 5.41) is 6.27. The van der Waals surface area contributed by atoms with Gasteiger partial charge in [0.2, 0.25) is 0 Å². The Morgan fingerprint density at radius 1 is 1.48 bits per heavy atom. The van der Waals surface area contributed by atoms with Crippen LogP contribution in [-0.4, -0.2) is 31.2 Å². The summed E-state index contributed by atoms with van der Waals surface area (Å²) in [5.74, 6) is -0.0524. The van der Waals surface area contributed by atoms with Crippen molar-refractivity contribution in [1.82, 2.24) is 5.32 Å². The molecule has 0 saturated carbocycles. The van der Waals surface area contributed by atoms with Crippen molar-refractivity contribution in [3.63, 3.8) is 0 Å². The van der Waals surface area contributed by atoms with Crippen molar-refractivity contribution < 1.29 is 9.53 Å². The molecule has 1 amide bonds. The number of hydrogen-bond acceptors (Lipinski definition) is 3. The van der Waals surface area contributed by atoms with Crippen LogP contribution in [0.1, 0.15) is 49.0 Å². The molecule has 116 valence electrons. The van der Waals surface area contributed by atoms with E-state index < -0.39 is 0 Å². The predicted molar refractivity (Wildman–Crippen MR) is 85.9 cm³/mol. The molecule has 0 aromatic heterocycles. The lowest BCUT2D eigenvalue weighted by molar-refractivity contribution is -0.0708. The molecular formula is C17H26N2O2. The fraction of sp³-hybridized carbons (Fsp3) is 0.588. The van der Waals surface area contributed by atoms with Gasteiger partial charge in [-0.3, -0.25) is 4.79 Å². The molecular weight excluding hydrogens is 264 g/mol. The number of amides is 1. The SMILES string of the molecule is CCC1(C)CC(Nc2cc(C(=O)NC)ccc2C)CCO1. The van der Waals surface area contributed by atoms with Gasteiger partial charge in [0.25, 0.3) is 5.91 Å². The predicted octanol–water partition coefficient (Wildman–Crippen LogP) is 3.11. The van der Waals surface area contributed by atoms with E-state index in [2.05, 4.69) is 31.4 Å². The monoisotopic (exact) mass is 290 g/mol. The Morgan fingerprint density at radius 3 is 2.90 bits per heavy atom. The van der Waals surface area contributed by atoms with Crippen LogP contribution < -0.4 is 10.6 Å². The van der Waals surface area contributed by atoms with Gasteiger partial charge in [0.15, 0.2) is 0 Å². The topological polar surface area (TPSA) is 50.4 Å². The van der Waals surface area contributed by atoms with E-state index in [0.29, 0.717) is 11.6 Å². The van der Waals surface area contributed by atoms with Gasteiger partial charge < -0.3 is 15.4 Å². The summed E-state index contributed by atoms with van der Waals surface area (Å²) in [5.41, 5.74) is 2.85. The summed E-state index contributed by atoms with van der Waals surface area (Å²) in [6.07, 6.45) is 3.01. The highest BCUT2D eigenvalue weighted by atomic mass is 16.5. The lowest BCUT2D eigenvalue weighted by Gasteiger charge is -2.38. The summed E-state index contributed by atoms with van der Waals surface area (Å²) < 4.78 is 5.89. The minimum atomic E-state index is -0.0524. The van der Waals surface area contributed by atoms with Crippen LogP contribution in [0.3, 0.4) is 0 Å². The largest absolute Gasteiger partial charge is 0.382 e. The number of anilines is 1. The maximum atomic E-state index is 11.8. The van der Waals surface area contributed by atoms with Gasteiger partial charge in [-0.05, 0) is 50.8 Å². The van der Waals surface area contributed by atoms with Crippen LogP contribution >= 0.6 is 0 Å². The number of rotatable bonds is 4. The Balaban J connectivity index is 2.13. The lowest BCUT2D eigenvalue weighted by atomic mass is 9.89. The van der Waals surface area contributed by atoms with Crippen LogP contribution in [0.5, 0.6) is 0 Å². The highest BCUT2D eigenvalue weighted by Crippen LogP contribution is 2.30. The van der Waals surface area contributed by atoms with E-state index in [9.17, 15) is 4.79 Å². The smallest absolute Gasteiger partial charge is 0.251 e. The molecule has 1 saturated heterocycles. The molecule has 2 rings (SSSR count). The number of nitrogens with one attached hydrogen (secondary N) is 2. The van der Waals surface area contributed by atoms with Crippen LogP contribution in [0, 0.1) is 6.92 Å². The number of carbonyl (C=O) groups is 1. The molecule has 2 N–H and O–H groups in total. The highest BCUT2D eigenvalue weighted by Gasteiger charge is 2.31. The van der Waals surface area contributed by atoms with Gasteiger partial charge in [0.05, 0.1) is 5.60 Å². The summed E-state index contributed by atoms with van der Waals surface area (Å²) in [4.78, 5) is 11.8. The molecule has 21 heavy (non-hydrogen) atoms. The fourth-order valence-electron chi connectivity index (χ4n) is 2.78. The minimum Gasteiger partial charge on any atom is -0.382 e. The van der Waals surface area contributed by atoms with Crippen LogP contribution in [0.25, 0.3) is 0 Å². The second-order valence-corrected chi connectivity index (χ2v) is 6.09. The van der Waals surface area contributed by atoms with Gasteiger partial charge >= 0.3 is 0 Å².